The Morgan fingerprint density at radius 2 is 1.89 bits per heavy atom. The van der Waals surface area contributed by atoms with E-state index >= 15 is 0 Å². The van der Waals surface area contributed by atoms with Gasteiger partial charge in [0.05, 0.1) is 6.61 Å². The van der Waals surface area contributed by atoms with E-state index in [9.17, 15) is 9.59 Å². The predicted octanol–water partition coefficient (Wildman–Crippen LogP) is 3.48. The summed E-state index contributed by atoms with van der Waals surface area (Å²) in [6.07, 6.45) is 14.1. The van der Waals surface area contributed by atoms with E-state index in [0.717, 1.165) is 51.0 Å². The van der Waals surface area contributed by atoms with Crippen LogP contribution in [0, 0.1) is 5.92 Å². The number of hydrogen-bond donors (Lipinski definition) is 0. The molecule has 3 rings (SSSR count). The van der Waals surface area contributed by atoms with Crippen molar-refractivity contribution in [1.29, 1.82) is 0 Å². The van der Waals surface area contributed by atoms with Crippen molar-refractivity contribution in [2.75, 3.05) is 26.2 Å². The predicted molar refractivity (Wildman–Crippen MR) is 105 cm³/mol. The van der Waals surface area contributed by atoms with Gasteiger partial charge in [-0.3, -0.25) is 9.69 Å². The maximum atomic E-state index is 12.9. The molecule has 1 atom stereocenters. The van der Waals surface area contributed by atoms with Crippen LogP contribution in [0.1, 0.15) is 46.0 Å². The molecule has 0 bridgehead atoms. The second-order valence-corrected chi connectivity index (χ2v) is 7.49. The molecule has 148 valence electrons. The molecule has 6 nitrogen and oxygen atoms in total. The van der Waals surface area contributed by atoms with E-state index in [4.69, 9.17) is 4.74 Å². The van der Waals surface area contributed by atoms with Crippen LogP contribution in [0.5, 0.6) is 0 Å². The molecule has 27 heavy (non-hydrogen) atoms. The molecule has 6 heteroatoms. The molecule has 2 saturated heterocycles. The Kier molecular flexibility index (Phi) is 6.58. The van der Waals surface area contributed by atoms with Gasteiger partial charge in [-0.05, 0) is 64.2 Å². The average Bonchev–Trinajstić information content (AvgIpc) is 2.94. The van der Waals surface area contributed by atoms with Crippen molar-refractivity contribution in [2.45, 2.75) is 52.0 Å². The van der Waals surface area contributed by atoms with Crippen LogP contribution >= 0.6 is 0 Å². The standard InChI is InChI=1S/C21H31N3O3/c1-3-27-21(26)23-12-6-8-19(11-16-23)22-14-9-18(10-15-22)20(25)24-13-5-4-7-17(24)2/h6,8,11-12,16-18H,3-5,7,9-10,13-15H2,1-2H3. The number of nitrogens with zero attached hydrogens (tertiary/aromatic N) is 3. The number of rotatable bonds is 3. The number of carbonyl (C=O) groups excluding carboxylic acids is 2. The second kappa shape index (κ2) is 9.11. The molecule has 0 aromatic heterocycles. The average molecular weight is 373 g/mol. The normalized spacial score (nSPS) is 23.9. The summed E-state index contributed by atoms with van der Waals surface area (Å²) in [6.45, 7) is 6.97. The fourth-order valence-corrected chi connectivity index (χ4v) is 4.07. The van der Waals surface area contributed by atoms with Gasteiger partial charge in [-0.2, -0.15) is 0 Å². The van der Waals surface area contributed by atoms with Crippen molar-refractivity contribution in [3.05, 3.63) is 36.3 Å². The highest BCUT2D eigenvalue weighted by Crippen LogP contribution is 2.26. The summed E-state index contributed by atoms with van der Waals surface area (Å²) in [4.78, 5) is 30.6. The SMILES string of the molecule is CCOC(=O)N1C=CC=C(N2CCC(C(=O)N3CCCCC3C)CC2)C=C1. The molecular weight excluding hydrogens is 342 g/mol. The monoisotopic (exact) mass is 373 g/mol. The Bertz CT molecular complexity index is 633. The quantitative estimate of drug-likeness (QED) is 0.760. The number of hydrogen-bond acceptors (Lipinski definition) is 4. The van der Waals surface area contributed by atoms with Gasteiger partial charge < -0.3 is 14.5 Å². The molecule has 0 aliphatic carbocycles. The molecule has 1 unspecified atom stereocenters. The Balaban J connectivity index is 1.54. The molecule has 0 aromatic rings. The van der Waals surface area contributed by atoms with Crippen LogP contribution in [0.2, 0.25) is 0 Å². The van der Waals surface area contributed by atoms with Crippen molar-refractivity contribution in [3.63, 3.8) is 0 Å². The molecule has 0 saturated carbocycles. The lowest BCUT2D eigenvalue weighted by molar-refractivity contribution is -0.140. The Morgan fingerprint density at radius 3 is 2.59 bits per heavy atom. The van der Waals surface area contributed by atoms with Crippen LogP contribution < -0.4 is 0 Å². The first-order chi connectivity index (χ1) is 13.1. The first-order valence-electron chi connectivity index (χ1n) is 10.2. The van der Waals surface area contributed by atoms with Crippen molar-refractivity contribution >= 4 is 12.0 Å². The number of amides is 2. The number of allylic oxidation sites excluding steroid dienone is 3. The molecule has 3 heterocycles. The Hall–Kier alpha value is -2.24. The summed E-state index contributed by atoms with van der Waals surface area (Å²) < 4.78 is 5.03. The van der Waals surface area contributed by atoms with Gasteiger partial charge in [0.15, 0.2) is 0 Å². The highest BCUT2D eigenvalue weighted by Gasteiger charge is 2.32. The number of likely N-dealkylation sites (tertiary alicyclic amines) is 2. The van der Waals surface area contributed by atoms with Gasteiger partial charge in [0.1, 0.15) is 0 Å². The van der Waals surface area contributed by atoms with Gasteiger partial charge in [-0.1, -0.05) is 0 Å². The third kappa shape index (κ3) is 4.73. The minimum absolute atomic E-state index is 0.142. The number of carbonyl (C=O) groups is 2. The lowest BCUT2D eigenvalue weighted by Crippen LogP contribution is -2.47. The molecular formula is C21H31N3O3. The number of ether oxygens (including phenoxy) is 1. The molecule has 0 spiro atoms. The lowest BCUT2D eigenvalue weighted by atomic mass is 9.92. The zero-order chi connectivity index (χ0) is 19.2. The molecule has 0 aromatic carbocycles. The van der Waals surface area contributed by atoms with Gasteiger partial charge in [0, 0.05) is 49.7 Å². The van der Waals surface area contributed by atoms with E-state index in [1.807, 2.05) is 18.2 Å². The van der Waals surface area contributed by atoms with Gasteiger partial charge in [0.2, 0.25) is 5.91 Å². The van der Waals surface area contributed by atoms with E-state index < -0.39 is 0 Å². The van der Waals surface area contributed by atoms with E-state index in [1.54, 1.807) is 19.3 Å². The van der Waals surface area contributed by atoms with Crippen LogP contribution in [0.25, 0.3) is 0 Å². The van der Waals surface area contributed by atoms with Crippen LogP contribution in [0.3, 0.4) is 0 Å². The fraction of sp³-hybridized carbons (Fsp3) is 0.619. The lowest BCUT2D eigenvalue weighted by Gasteiger charge is -2.39. The summed E-state index contributed by atoms with van der Waals surface area (Å²) in [7, 11) is 0. The zero-order valence-electron chi connectivity index (χ0n) is 16.5. The second-order valence-electron chi connectivity index (χ2n) is 7.49. The van der Waals surface area contributed by atoms with Gasteiger partial charge in [-0.15, -0.1) is 0 Å². The largest absolute Gasteiger partial charge is 0.449 e. The van der Waals surface area contributed by atoms with E-state index in [0.29, 0.717) is 18.6 Å². The third-order valence-corrected chi connectivity index (χ3v) is 5.69. The minimum atomic E-state index is -0.375. The summed E-state index contributed by atoms with van der Waals surface area (Å²) in [5, 5.41) is 0. The summed E-state index contributed by atoms with van der Waals surface area (Å²) in [6, 6.07) is 0.385. The van der Waals surface area contributed by atoms with Crippen LogP contribution in [-0.2, 0) is 9.53 Å². The van der Waals surface area contributed by atoms with E-state index in [-0.39, 0.29) is 12.0 Å². The van der Waals surface area contributed by atoms with Gasteiger partial charge in [-0.25, -0.2) is 4.79 Å². The van der Waals surface area contributed by atoms with Crippen molar-refractivity contribution in [2.24, 2.45) is 5.92 Å². The van der Waals surface area contributed by atoms with Crippen molar-refractivity contribution in [3.8, 4) is 0 Å². The highest BCUT2D eigenvalue weighted by molar-refractivity contribution is 5.79. The third-order valence-electron chi connectivity index (χ3n) is 5.69. The topological polar surface area (TPSA) is 53.1 Å². The Morgan fingerprint density at radius 1 is 1.11 bits per heavy atom. The summed E-state index contributed by atoms with van der Waals surface area (Å²) in [5.41, 5.74) is 1.07. The summed E-state index contributed by atoms with van der Waals surface area (Å²) >= 11 is 0. The summed E-state index contributed by atoms with van der Waals surface area (Å²) in [5.74, 6) is 0.490. The molecule has 0 radical (unpaired) electrons. The Labute approximate surface area is 162 Å². The maximum Gasteiger partial charge on any atom is 0.417 e. The highest BCUT2D eigenvalue weighted by atomic mass is 16.5. The fourth-order valence-electron chi connectivity index (χ4n) is 4.07. The maximum absolute atomic E-state index is 12.9. The van der Waals surface area contributed by atoms with Gasteiger partial charge >= 0.3 is 6.09 Å². The minimum Gasteiger partial charge on any atom is -0.449 e. The van der Waals surface area contributed by atoms with E-state index in [2.05, 4.69) is 16.7 Å². The van der Waals surface area contributed by atoms with Crippen molar-refractivity contribution in [1.82, 2.24) is 14.7 Å². The molecule has 2 fully saturated rings. The first kappa shape index (κ1) is 19.5. The smallest absolute Gasteiger partial charge is 0.417 e. The van der Waals surface area contributed by atoms with Crippen LogP contribution in [0.15, 0.2) is 36.3 Å². The molecule has 0 N–H and O–H groups in total. The zero-order valence-corrected chi connectivity index (χ0v) is 16.5. The molecule has 3 aliphatic heterocycles. The van der Waals surface area contributed by atoms with Crippen molar-refractivity contribution < 1.29 is 14.3 Å². The first-order valence-corrected chi connectivity index (χ1v) is 10.2. The molecule has 3 aliphatic rings. The van der Waals surface area contributed by atoms with E-state index in [1.165, 1.54) is 11.3 Å². The molecule has 2 amide bonds. The van der Waals surface area contributed by atoms with Crippen LogP contribution in [0.4, 0.5) is 4.79 Å². The van der Waals surface area contributed by atoms with Gasteiger partial charge in [0.25, 0.3) is 0 Å². The van der Waals surface area contributed by atoms with Crippen LogP contribution in [-0.4, -0.2) is 59.0 Å². The number of piperidine rings is 2.